The fraction of sp³-hybridized carbons (Fsp3) is 1.00. The van der Waals surface area contributed by atoms with Crippen molar-refractivity contribution in [3.05, 3.63) is 0 Å². The van der Waals surface area contributed by atoms with Crippen LogP contribution in [-0.4, -0.2) is 16.3 Å². The zero-order valence-electron chi connectivity index (χ0n) is 9.40. The van der Waals surface area contributed by atoms with E-state index in [1.54, 1.807) is 0 Å². The number of halogens is 1. The van der Waals surface area contributed by atoms with Crippen molar-refractivity contribution < 1.29 is 0 Å². The summed E-state index contributed by atoms with van der Waals surface area (Å²) in [5.74, 6) is 2.59. The first-order valence-electron chi connectivity index (χ1n) is 5.20. The molecule has 13 heavy (non-hydrogen) atoms. The lowest BCUT2D eigenvalue weighted by Gasteiger charge is -2.25. The Labute approximate surface area is 96.4 Å². The maximum absolute atomic E-state index is 3.63. The molecule has 0 rings (SSSR count). The molecule has 0 saturated carbocycles. The fourth-order valence-electron chi connectivity index (χ4n) is 1.66. The van der Waals surface area contributed by atoms with Gasteiger partial charge in [0.1, 0.15) is 0 Å². The molecule has 0 aromatic carbocycles. The predicted octanol–water partition coefficient (Wildman–Crippen LogP) is 4.72. The highest BCUT2D eigenvalue weighted by Crippen LogP contribution is 2.31. The topological polar surface area (TPSA) is 0 Å². The zero-order chi connectivity index (χ0) is 10.3. The summed E-state index contributed by atoms with van der Waals surface area (Å²) in [5.41, 5.74) is 0.511. The van der Waals surface area contributed by atoms with E-state index >= 15 is 0 Å². The van der Waals surface area contributed by atoms with Crippen LogP contribution < -0.4 is 0 Å². The molecule has 0 amide bonds. The van der Waals surface area contributed by atoms with Gasteiger partial charge >= 0.3 is 0 Å². The molecule has 1 atom stereocenters. The van der Waals surface area contributed by atoms with E-state index < -0.39 is 0 Å². The predicted molar refractivity (Wildman–Crippen MR) is 69.0 cm³/mol. The van der Waals surface area contributed by atoms with Crippen molar-refractivity contribution in [1.29, 1.82) is 0 Å². The number of hydrogen-bond donors (Lipinski definition) is 0. The van der Waals surface area contributed by atoms with Crippen LogP contribution in [0.2, 0.25) is 0 Å². The molecule has 0 heterocycles. The monoisotopic (exact) mass is 266 g/mol. The summed E-state index contributed by atoms with van der Waals surface area (Å²) in [6.07, 6.45) is 4.00. The third kappa shape index (κ3) is 9.14. The lowest BCUT2D eigenvalue weighted by Crippen LogP contribution is -2.15. The molecule has 0 bridgehead atoms. The van der Waals surface area contributed by atoms with Crippen LogP contribution in [0.25, 0.3) is 0 Å². The minimum absolute atomic E-state index is 0.511. The smallest absolute Gasteiger partial charge is 0.0122 e. The largest absolute Gasteiger partial charge is 0.162 e. The summed E-state index contributed by atoms with van der Waals surface area (Å²) < 4.78 is 0. The van der Waals surface area contributed by atoms with Crippen molar-refractivity contribution >= 4 is 27.7 Å². The summed E-state index contributed by atoms with van der Waals surface area (Å²) in [5, 5.41) is 0. The summed E-state index contributed by atoms with van der Waals surface area (Å²) in [4.78, 5) is 0.654. The van der Waals surface area contributed by atoms with Crippen LogP contribution in [0.15, 0.2) is 0 Å². The van der Waals surface area contributed by atoms with Crippen molar-refractivity contribution in [2.45, 2.75) is 51.8 Å². The first-order chi connectivity index (χ1) is 5.98. The third-order valence-corrected chi connectivity index (χ3v) is 3.49. The van der Waals surface area contributed by atoms with Gasteiger partial charge < -0.3 is 0 Å². The van der Waals surface area contributed by atoms with Gasteiger partial charge in [-0.25, -0.2) is 0 Å². The molecule has 0 nitrogen and oxygen atoms in total. The van der Waals surface area contributed by atoms with E-state index in [1.165, 1.54) is 30.8 Å². The average molecular weight is 267 g/mol. The van der Waals surface area contributed by atoms with Gasteiger partial charge in [-0.3, -0.25) is 0 Å². The molecule has 0 spiro atoms. The first-order valence-corrected chi connectivity index (χ1v) is 7.27. The lowest BCUT2D eigenvalue weighted by atomic mass is 9.84. The number of alkyl halides is 1. The maximum Gasteiger partial charge on any atom is 0.0122 e. The highest BCUT2D eigenvalue weighted by Gasteiger charge is 2.19. The highest BCUT2D eigenvalue weighted by molar-refractivity contribution is 9.09. The molecule has 1 unspecified atom stereocenters. The Morgan fingerprint density at radius 1 is 1.38 bits per heavy atom. The molecule has 0 N–H and O–H groups in total. The van der Waals surface area contributed by atoms with Gasteiger partial charge in [0.15, 0.2) is 0 Å². The number of rotatable bonds is 7. The summed E-state index contributed by atoms with van der Waals surface area (Å²) in [6.45, 7) is 9.22. The van der Waals surface area contributed by atoms with Gasteiger partial charge in [-0.2, -0.15) is 11.8 Å². The van der Waals surface area contributed by atoms with Crippen LogP contribution in [0.4, 0.5) is 0 Å². The molecule has 2 heteroatoms. The van der Waals surface area contributed by atoms with E-state index in [-0.39, 0.29) is 0 Å². The van der Waals surface area contributed by atoms with Crippen molar-refractivity contribution in [3.8, 4) is 0 Å². The van der Waals surface area contributed by atoms with Gasteiger partial charge in [-0.1, -0.05) is 43.6 Å². The quantitative estimate of drug-likeness (QED) is 0.475. The highest BCUT2D eigenvalue weighted by atomic mass is 79.9. The van der Waals surface area contributed by atoms with E-state index in [0.29, 0.717) is 10.2 Å². The van der Waals surface area contributed by atoms with E-state index in [4.69, 9.17) is 0 Å². The SMILES string of the molecule is CCSCCCC(C)(C)CC(C)Br. The molecule has 0 aromatic rings. The summed E-state index contributed by atoms with van der Waals surface area (Å²) in [6, 6.07) is 0. The van der Waals surface area contributed by atoms with E-state index in [1.807, 2.05) is 0 Å². The lowest BCUT2D eigenvalue weighted by molar-refractivity contribution is 0.307. The second kappa shape index (κ2) is 7.17. The van der Waals surface area contributed by atoms with Crippen LogP contribution >= 0.6 is 27.7 Å². The molecule has 0 aliphatic rings. The second-order valence-corrected chi connectivity index (χ2v) is 7.41. The van der Waals surface area contributed by atoms with Gasteiger partial charge in [0.25, 0.3) is 0 Å². The summed E-state index contributed by atoms with van der Waals surface area (Å²) in [7, 11) is 0. The Balaban J connectivity index is 3.50. The van der Waals surface area contributed by atoms with E-state index in [0.717, 1.165) is 0 Å². The van der Waals surface area contributed by atoms with Crippen molar-refractivity contribution in [1.82, 2.24) is 0 Å². The second-order valence-electron chi connectivity index (χ2n) is 4.45. The normalized spacial score (nSPS) is 14.5. The van der Waals surface area contributed by atoms with Gasteiger partial charge in [0, 0.05) is 4.83 Å². The van der Waals surface area contributed by atoms with Crippen molar-refractivity contribution in [2.75, 3.05) is 11.5 Å². The standard InChI is InChI=1S/C11H23BrS/c1-5-13-8-6-7-11(3,4)9-10(2)12/h10H,5-9H2,1-4H3. The average Bonchev–Trinajstić information content (AvgIpc) is 1.95. The Hall–Kier alpha value is 0.830. The fourth-order valence-corrected chi connectivity index (χ4v) is 3.17. The Bertz CT molecular complexity index is 121. The summed E-state index contributed by atoms with van der Waals surface area (Å²) >= 11 is 5.68. The van der Waals surface area contributed by atoms with E-state index in [2.05, 4.69) is 55.4 Å². The van der Waals surface area contributed by atoms with Gasteiger partial charge in [0.05, 0.1) is 0 Å². The first kappa shape index (κ1) is 13.8. The van der Waals surface area contributed by atoms with Gasteiger partial charge in [-0.05, 0) is 36.2 Å². The van der Waals surface area contributed by atoms with Crippen molar-refractivity contribution in [2.24, 2.45) is 5.41 Å². The van der Waals surface area contributed by atoms with Crippen LogP contribution in [0.3, 0.4) is 0 Å². The van der Waals surface area contributed by atoms with Crippen LogP contribution in [0.1, 0.15) is 47.0 Å². The Kier molecular flexibility index (Phi) is 7.62. The molecular weight excluding hydrogens is 244 g/mol. The van der Waals surface area contributed by atoms with Crippen LogP contribution in [0, 0.1) is 5.41 Å². The molecule has 0 fully saturated rings. The molecule has 0 radical (unpaired) electrons. The van der Waals surface area contributed by atoms with E-state index in [9.17, 15) is 0 Å². The van der Waals surface area contributed by atoms with Gasteiger partial charge in [0.2, 0.25) is 0 Å². The molecular formula is C11H23BrS. The Morgan fingerprint density at radius 3 is 2.46 bits per heavy atom. The minimum atomic E-state index is 0.511. The van der Waals surface area contributed by atoms with Crippen LogP contribution in [-0.2, 0) is 0 Å². The van der Waals surface area contributed by atoms with Gasteiger partial charge in [-0.15, -0.1) is 0 Å². The molecule has 0 aliphatic heterocycles. The molecule has 80 valence electrons. The minimum Gasteiger partial charge on any atom is -0.162 e. The number of thioether (sulfide) groups is 1. The third-order valence-electron chi connectivity index (χ3n) is 2.18. The Morgan fingerprint density at radius 2 is 2.00 bits per heavy atom. The maximum atomic E-state index is 3.63. The zero-order valence-corrected chi connectivity index (χ0v) is 11.8. The number of hydrogen-bond acceptors (Lipinski definition) is 1. The molecule has 0 aliphatic carbocycles. The molecule has 0 aromatic heterocycles. The van der Waals surface area contributed by atoms with Crippen LogP contribution in [0.5, 0.6) is 0 Å². The molecule has 0 saturated heterocycles. The van der Waals surface area contributed by atoms with Crippen molar-refractivity contribution in [3.63, 3.8) is 0 Å².